The molecule has 0 atom stereocenters. The third kappa shape index (κ3) is 4.65. The molecule has 0 radical (unpaired) electrons. The molecule has 0 bridgehead atoms. The second-order valence-corrected chi connectivity index (χ2v) is 9.20. The van der Waals surface area contributed by atoms with Gasteiger partial charge in [-0.05, 0) is 42.7 Å². The summed E-state index contributed by atoms with van der Waals surface area (Å²) in [6.45, 7) is 3.11. The number of carbonyl (C=O) groups excluding carboxylic acids is 1. The van der Waals surface area contributed by atoms with Gasteiger partial charge in [-0.2, -0.15) is 0 Å². The van der Waals surface area contributed by atoms with E-state index in [9.17, 15) is 13.2 Å². The van der Waals surface area contributed by atoms with E-state index in [1.807, 2.05) is 35.2 Å². The Hall–Kier alpha value is -2.54. The standard InChI is InChI=1S/C21H25N3O3S/c25-21(18-6-7-18)24-14-12-23(13-15-24)20-10-8-19(9-11-20)22-28(26,27)16-17-4-2-1-3-5-17/h1-5,8-11,18,22H,6-7,12-16H2. The number of sulfonamides is 1. The molecule has 2 fully saturated rings. The minimum absolute atomic E-state index is 0.0490. The highest BCUT2D eigenvalue weighted by Crippen LogP contribution is 2.31. The van der Waals surface area contributed by atoms with Crippen LogP contribution >= 0.6 is 0 Å². The Morgan fingerprint density at radius 3 is 2.18 bits per heavy atom. The number of piperazine rings is 1. The van der Waals surface area contributed by atoms with Crippen molar-refractivity contribution in [1.82, 2.24) is 4.90 Å². The zero-order chi connectivity index (χ0) is 19.6. The highest BCUT2D eigenvalue weighted by molar-refractivity contribution is 7.91. The molecule has 1 heterocycles. The van der Waals surface area contributed by atoms with Gasteiger partial charge in [0.2, 0.25) is 15.9 Å². The lowest BCUT2D eigenvalue weighted by Gasteiger charge is -2.36. The Morgan fingerprint density at radius 1 is 0.929 bits per heavy atom. The number of anilines is 2. The van der Waals surface area contributed by atoms with E-state index >= 15 is 0 Å². The quantitative estimate of drug-likeness (QED) is 0.811. The topological polar surface area (TPSA) is 69.7 Å². The first-order chi connectivity index (χ1) is 13.5. The van der Waals surface area contributed by atoms with E-state index < -0.39 is 10.0 Å². The van der Waals surface area contributed by atoms with Crippen LogP contribution in [0.2, 0.25) is 0 Å². The number of nitrogens with zero attached hydrogens (tertiary/aromatic N) is 2. The lowest BCUT2D eigenvalue weighted by atomic mass is 10.2. The smallest absolute Gasteiger partial charge is 0.236 e. The highest BCUT2D eigenvalue weighted by Gasteiger charge is 2.34. The van der Waals surface area contributed by atoms with Crippen LogP contribution in [0, 0.1) is 5.92 Å². The van der Waals surface area contributed by atoms with Crippen LogP contribution in [0.1, 0.15) is 18.4 Å². The molecule has 0 aromatic heterocycles. The SMILES string of the molecule is O=C(C1CC1)N1CCN(c2ccc(NS(=O)(=O)Cc3ccccc3)cc2)CC1. The summed E-state index contributed by atoms with van der Waals surface area (Å²) < 4.78 is 27.4. The molecule has 2 aromatic carbocycles. The molecule has 1 saturated heterocycles. The Balaban J connectivity index is 1.33. The molecule has 2 aromatic rings. The molecule has 1 N–H and O–H groups in total. The number of hydrogen-bond acceptors (Lipinski definition) is 4. The van der Waals surface area contributed by atoms with Gasteiger partial charge in [0.25, 0.3) is 0 Å². The van der Waals surface area contributed by atoms with E-state index in [1.54, 1.807) is 24.3 Å². The highest BCUT2D eigenvalue weighted by atomic mass is 32.2. The van der Waals surface area contributed by atoms with Gasteiger partial charge in [-0.25, -0.2) is 8.42 Å². The maximum Gasteiger partial charge on any atom is 0.236 e. The van der Waals surface area contributed by atoms with Crippen LogP contribution in [0.25, 0.3) is 0 Å². The summed E-state index contributed by atoms with van der Waals surface area (Å²) in [5.74, 6) is 0.532. The molecule has 2 aliphatic rings. The van der Waals surface area contributed by atoms with Crippen molar-refractivity contribution >= 4 is 27.3 Å². The van der Waals surface area contributed by atoms with E-state index in [-0.39, 0.29) is 11.7 Å². The molecule has 4 rings (SSSR count). The number of carbonyl (C=O) groups is 1. The van der Waals surface area contributed by atoms with Crippen molar-refractivity contribution in [2.24, 2.45) is 5.92 Å². The average molecular weight is 400 g/mol. The van der Waals surface area contributed by atoms with E-state index in [0.29, 0.717) is 11.6 Å². The lowest BCUT2D eigenvalue weighted by molar-refractivity contribution is -0.132. The Morgan fingerprint density at radius 2 is 1.57 bits per heavy atom. The number of amides is 1. The summed E-state index contributed by atoms with van der Waals surface area (Å²) in [5.41, 5.74) is 2.36. The largest absolute Gasteiger partial charge is 0.368 e. The van der Waals surface area contributed by atoms with Crippen LogP contribution < -0.4 is 9.62 Å². The minimum atomic E-state index is -3.45. The predicted octanol–water partition coefficient (Wildman–Crippen LogP) is 2.69. The number of hydrogen-bond donors (Lipinski definition) is 1. The summed E-state index contributed by atoms with van der Waals surface area (Å²) in [6, 6.07) is 16.6. The van der Waals surface area contributed by atoms with Gasteiger partial charge in [-0.1, -0.05) is 30.3 Å². The Kier molecular flexibility index (Phi) is 5.26. The Labute approximate surface area is 166 Å². The molecule has 1 aliphatic carbocycles. The zero-order valence-corrected chi connectivity index (χ0v) is 16.6. The van der Waals surface area contributed by atoms with Crippen LogP contribution in [-0.4, -0.2) is 45.4 Å². The van der Waals surface area contributed by atoms with Crippen molar-refractivity contribution in [1.29, 1.82) is 0 Å². The van der Waals surface area contributed by atoms with Crippen LogP contribution in [-0.2, 0) is 20.6 Å². The summed E-state index contributed by atoms with van der Waals surface area (Å²) >= 11 is 0. The predicted molar refractivity (Wildman–Crippen MR) is 111 cm³/mol. The first-order valence-electron chi connectivity index (χ1n) is 9.68. The first-order valence-corrected chi connectivity index (χ1v) is 11.3. The van der Waals surface area contributed by atoms with Crippen molar-refractivity contribution in [2.45, 2.75) is 18.6 Å². The van der Waals surface area contributed by atoms with Gasteiger partial charge in [-0.15, -0.1) is 0 Å². The average Bonchev–Trinajstić information content (AvgIpc) is 3.54. The molecule has 0 unspecified atom stereocenters. The molecule has 6 nitrogen and oxygen atoms in total. The Bertz CT molecular complexity index is 917. The van der Waals surface area contributed by atoms with E-state index in [1.165, 1.54) is 0 Å². The van der Waals surface area contributed by atoms with Gasteiger partial charge < -0.3 is 9.80 Å². The summed E-state index contributed by atoms with van der Waals surface area (Å²) in [5, 5.41) is 0. The van der Waals surface area contributed by atoms with Crippen molar-refractivity contribution < 1.29 is 13.2 Å². The molecular weight excluding hydrogens is 374 g/mol. The third-order valence-corrected chi connectivity index (χ3v) is 6.48. The zero-order valence-electron chi connectivity index (χ0n) is 15.8. The maximum absolute atomic E-state index is 12.4. The minimum Gasteiger partial charge on any atom is -0.368 e. The summed E-state index contributed by atoms with van der Waals surface area (Å²) in [7, 11) is -3.45. The van der Waals surface area contributed by atoms with E-state index in [2.05, 4.69) is 9.62 Å². The fourth-order valence-corrected chi connectivity index (χ4v) is 4.72. The maximum atomic E-state index is 12.4. The molecule has 7 heteroatoms. The van der Waals surface area contributed by atoms with Gasteiger partial charge in [0, 0.05) is 43.5 Å². The molecule has 1 aliphatic heterocycles. The van der Waals surface area contributed by atoms with E-state index in [0.717, 1.165) is 50.3 Å². The van der Waals surface area contributed by atoms with Crippen molar-refractivity contribution in [2.75, 3.05) is 35.8 Å². The van der Waals surface area contributed by atoms with Crippen LogP contribution in [0.3, 0.4) is 0 Å². The lowest BCUT2D eigenvalue weighted by Crippen LogP contribution is -2.49. The van der Waals surface area contributed by atoms with Crippen molar-refractivity contribution in [3.8, 4) is 0 Å². The second-order valence-electron chi connectivity index (χ2n) is 7.48. The van der Waals surface area contributed by atoms with Gasteiger partial charge in [-0.3, -0.25) is 9.52 Å². The van der Waals surface area contributed by atoms with Crippen LogP contribution in [0.4, 0.5) is 11.4 Å². The normalized spacial score (nSPS) is 17.4. The van der Waals surface area contributed by atoms with Gasteiger partial charge in [0.15, 0.2) is 0 Å². The molecule has 28 heavy (non-hydrogen) atoms. The molecule has 1 saturated carbocycles. The van der Waals surface area contributed by atoms with Gasteiger partial charge >= 0.3 is 0 Å². The van der Waals surface area contributed by atoms with E-state index in [4.69, 9.17) is 0 Å². The molecule has 1 amide bonds. The fourth-order valence-electron chi connectivity index (χ4n) is 3.52. The van der Waals surface area contributed by atoms with Gasteiger partial charge in [0.05, 0.1) is 5.75 Å². The summed E-state index contributed by atoms with van der Waals surface area (Å²) in [4.78, 5) is 16.4. The summed E-state index contributed by atoms with van der Waals surface area (Å²) in [6.07, 6.45) is 2.08. The molecule has 0 spiro atoms. The molecular formula is C21H25N3O3S. The number of rotatable bonds is 6. The fraction of sp³-hybridized carbons (Fsp3) is 0.381. The first kappa shape index (κ1) is 18.8. The van der Waals surface area contributed by atoms with Crippen molar-refractivity contribution in [3.63, 3.8) is 0 Å². The van der Waals surface area contributed by atoms with Crippen LogP contribution in [0.15, 0.2) is 54.6 Å². The van der Waals surface area contributed by atoms with Crippen LogP contribution in [0.5, 0.6) is 0 Å². The molecule has 148 valence electrons. The second kappa shape index (κ2) is 7.83. The number of benzene rings is 2. The third-order valence-electron chi connectivity index (χ3n) is 5.22. The van der Waals surface area contributed by atoms with Crippen molar-refractivity contribution in [3.05, 3.63) is 60.2 Å². The van der Waals surface area contributed by atoms with Gasteiger partial charge in [0.1, 0.15) is 0 Å². The number of nitrogens with one attached hydrogen (secondary N) is 1. The monoisotopic (exact) mass is 399 g/mol.